The summed E-state index contributed by atoms with van der Waals surface area (Å²) in [6.07, 6.45) is 0.783. The second-order valence-corrected chi connectivity index (χ2v) is 7.58. The molecule has 0 radical (unpaired) electrons. The van der Waals surface area contributed by atoms with Gasteiger partial charge >= 0.3 is 0 Å². The lowest BCUT2D eigenvalue weighted by molar-refractivity contribution is -0.121. The number of sulfonamides is 1. The van der Waals surface area contributed by atoms with Gasteiger partial charge in [-0.05, 0) is 55.8 Å². The van der Waals surface area contributed by atoms with Gasteiger partial charge in [0.1, 0.15) is 5.82 Å². The molecule has 1 amide bonds. The van der Waals surface area contributed by atoms with E-state index in [1.165, 1.54) is 31.3 Å². The fourth-order valence-electron chi connectivity index (χ4n) is 2.36. The number of hydrogen-bond donors (Lipinski definition) is 2. The molecule has 1 atom stereocenters. The van der Waals surface area contributed by atoms with Crippen LogP contribution in [0.25, 0.3) is 0 Å². The van der Waals surface area contributed by atoms with Crippen molar-refractivity contribution in [2.45, 2.75) is 30.7 Å². The van der Waals surface area contributed by atoms with E-state index in [1.807, 2.05) is 6.92 Å². The Morgan fingerprint density at radius 3 is 2.24 bits per heavy atom. The molecular weight excluding hydrogens is 343 g/mol. The zero-order valence-corrected chi connectivity index (χ0v) is 14.9. The SMILES string of the molecule is CNS(=O)(=O)c1ccc(CCC(=O)N[C@@H](C)c2ccc(F)cc2)cc1. The van der Waals surface area contributed by atoms with Crippen LogP contribution >= 0.6 is 0 Å². The topological polar surface area (TPSA) is 75.3 Å². The highest BCUT2D eigenvalue weighted by Gasteiger charge is 2.12. The molecular formula is C18H21FN2O3S. The van der Waals surface area contributed by atoms with Crippen LogP contribution in [0.2, 0.25) is 0 Å². The highest BCUT2D eigenvalue weighted by atomic mass is 32.2. The van der Waals surface area contributed by atoms with Crippen molar-refractivity contribution >= 4 is 15.9 Å². The molecule has 0 spiro atoms. The first kappa shape index (κ1) is 19.1. The molecule has 5 nitrogen and oxygen atoms in total. The van der Waals surface area contributed by atoms with E-state index < -0.39 is 10.0 Å². The minimum Gasteiger partial charge on any atom is -0.350 e. The minimum absolute atomic E-state index is 0.122. The van der Waals surface area contributed by atoms with Gasteiger partial charge in [0.05, 0.1) is 10.9 Å². The Balaban J connectivity index is 1.88. The van der Waals surface area contributed by atoms with Crippen LogP contribution < -0.4 is 10.0 Å². The van der Waals surface area contributed by atoms with E-state index in [2.05, 4.69) is 10.0 Å². The van der Waals surface area contributed by atoms with Gasteiger partial charge in [0, 0.05) is 6.42 Å². The van der Waals surface area contributed by atoms with Gasteiger partial charge in [-0.15, -0.1) is 0 Å². The molecule has 2 N–H and O–H groups in total. The highest BCUT2D eigenvalue weighted by Crippen LogP contribution is 2.14. The molecule has 0 aliphatic carbocycles. The van der Waals surface area contributed by atoms with E-state index in [1.54, 1.807) is 24.3 Å². The molecule has 0 saturated heterocycles. The largest absolute Gasteiger partial charge is 0.350 e. The normalized spacial score (nSPS) is 12.6. The zero-order chi connectivity index (χ0) is 18.4. The van der Waals surface area contributed by atoms with E-state index in [-0.39, 0.29) is 29.1 Å². The summed E-state index contributed by atoms with van der Waals surface area (Å²) >= 11 is 0. The summed E-state index contributed by atoms with van der Waals surface area (Å²) < 4.78 is 38.5. The van der Waals surface area contributed by atoms with Crippen LogP contribution in [0.3, 0.4) is 0 Å². The van der Waals surface area contributed by atoms with Gasteiger partial charge in [-0.25, -0.2) is 17.5 Å². The maximum absolute atomic E-state index is 12.9. The Morgan fingerprint density at radius 2 is 1.68 bits per heavy atom. The van der Waals surface area contributed by atoms with Crippen LogP contribution in [0.5, 0.6) is 0 Å². The van der Waals surface area contributed by atoms with Gasteiger partial charge in [-0.1, -0.05) is 24.3 Å². The van der Waals surface area contributed by atoms with E-state index in [0.29, 0.717) is 6.42 Å². The molecule has 0 aromatic heterocycles. The molecule has 134 valence electrons. The van der Waals surface area contributed by atoms with Crippen molar-refractivity contribution in [2.24, 2.45) is 0 Å². The van der Waals surface area contributed by atoms with Gasteiger partial charge in [-0.2, -0.15) is 0 Å². The molecule has 0 aliphatic heterocycles. The molecule has 0 fully saturated rings. The summed E-state index contributed by atoms with van der Waals surface area (Å²) in [5, 5.41) is 2.86. The van der Waals surface area contributed by atoms with Crippen molar-refractivity contribution in [1.29, 1.82) is 0 Å². The second kappa shape index (κ2) is 8.22. The molecule has 2 rings (SSSR count). The highest BCUT2D eigenvalue weighted by molar-refractivity contribution is 7.89. The molecule has 0 saturated carbocycles. The van der Waals surface area contributed by atoms with Crippen molar-refractivity contribution in [2.75, 3.05) is 7.05 Å². The summed E-state index contributed by atoms with van der Waals surface area (Å²) in [5.41, 5.74) is 1.70. The number of benzene rings is 2. The van der Waals surface area contributed by atoms with Crippen molar-refractivity contribution in [1.82, 2.24) is 10.0 Å². The first-order valence-electron chi connectivity index (χ1n) is 7.89. The Bertz CT molecular complexity index is 818. The van der Waals surface area contributed by atoms with Crippen LogP contribution in [0.1, 0.15) is 30.5 Å². The van der Waals surface area contributed by atoms with Crippen LogP contribution in [0.4, 0.5) is 4.39 Å². The fourth-order valence-corrected chi connectivity index (χ4v) is 3.09. The summed E-state index contributed by atoms with van der Waals surface area (Å²) in [5.74, 6) is -0.435. The van der Waals surface area contributed by atoms with Gasteiger partial charge in [0.15, 0.2) is 0 Å². The fraction of sp³-hybridized carbons (Fsp3) is 0.278. The average Bonchev–Trinajstić information content (AvgIpc) is 2.61. The number of rotatable bonds is 7. The van der Waals surface area contributed by atoms with Gasteiger partial charge in [0.25, 0.3) is 0 Å². The zero-order valence-electron chi connectivity index (χ0n) is 14.1. The predicted octanol–water partition coefficient (Wildman–Crippen LogP) is 2.54. The summed E-state index contributed by atoms with van der Waals surface area (Å²) in [7, 11) is -2.09. The van der Waals surface area contributed by atoms with Crippen molar-refractivity contribution in [3.05, 3.63) is 65.5 Å². The molecule has 2 aromatic rings. The number of halogens is 1. The maximum atomic E-state index is 12.9. The lowest BCUT2D eigenvalue weighted by Gasteiger charge is -2.14. The standard InChI is InChI=1S/C18H21FN2O3S/c1-13(15-6-8-16(19)9-7-15)21-18(22)12-5-14-3-10-17(11-4-14)25(23,24)20-2/h3-4,6-11,13,20H,5,12H2,1-2H3,(H,21,22)/t13-/m0/s1. The third-order valence-electron chi connectivity index (χ3n) is 3.89. The van der Waals surface area contributed by atoms with E-state index in [9.17, 15) is 17.6 Å². The smallest absolute Gasteiger partial charge is 0.240 e. The third-order valence-corrected chi connectivity index (χ3v) is 5.32. The molecule has 0 unspecified atom stereocenters. The van der Waals surface area contributed by atoms with Gasteiger partial charge in [0.2, 0.25) is 15.9 Å². The number of aryl methyl sites for hydroxylation is 1. The molecule has 2 aromatic carbocycles. The Morgan fingerprint density at radius 1 is 1.08 bits per heavy atom. The Hall–Kier alpha value is -2.25. The first-order chi connectivity index (χ1) is 11.8. The predicted molar refractivity (Wildman–Crippen MR) is 94.0 cm³/mol. The van der Waals surface area contributed by atoms with Crippen LogP contribution in [0.15, 0.2) is 53.4 Å². The first-order valence-corrected chi connectivity index (χ1v) is 9.37. The molecule has 0 bridgehead atoms. The van der Waals surface area contributed by atoms with Crippen LogP contribution in [-0.4, -0.2) is 21.4 Å². The molecule has 7 heteroatoms. The van der Waals surface area contributed by atoms with Gasteiger partial charge < -0.3 is 5.32 Å². The number of nitrogens with one attached hydrogen (secondary N) is 2. The Kier molecular flexibility index (Phi) is 6.27. The monoisotopic (exact) mass is 364 g/mol. The lowest BCUT2D eigenvalue weighted by Crippen LogP contribution is -2.26. The van der Waals surface area contributed by atoms with E-state index >= 15 is 0 Å². The second-order valence-electron chi connectivity index (χ2n) is 5.69. The Labute approximate surface area is 147 Å². The summed E-state index contributed by atoms with van der Waals surface area (Å²) in [6.45, 7) is 1.84. The van der Waals surface area contributed by atoms with E-state index in [0.717, 1.165) is 11.1 Å². The van der Waals surface area contributed by atoms with Crippen molar-refractivity contribution in [3.8, 4) is 0 Å². The van der Waals surface area contributed by atoms with E-state index in [4.69, 9.17) is 0 Å². The summed E-state index contributed by atoms with van der Waals surface area (Å²) in [4.78, 5) is 12.2. The minimum atomic E-state index is -3.45. The number of amides is 1. The van der Waals surface area contributed by atoms with Crippen molar-refractivity contribution < 1.29 is 17.6 Å². The number of carbonyl (C=O) groups excluding carboxylic acids is 1. The summed E-state index contributed by atoms with van der Waals surface area (Å²) in [6, 6.07) is 12.2. The third kappa shape index (κ3) is 5.37. The van der Waals surface area contributed by atoms with Crippen molar-refractivity contribution in [3.63, 3.8) is 0 Å². The quantitative estimate of drug-likeness (QED) is 0.793. The number of hydrogen-bond acceptors (Lipinski definition) is 3. The average molecular weight is 364 g/mol. The van der Waals surface area contributed by atoms with Crippen LogP contribution in [-0.2, 0) is 21.2 Å². The van der Waals surface area contributed by atoms with Gasteiger partial charge in [-0.3, -0.25) is 4.79 Å². The number of carbonyl (C=O) groups is 1. The molecule has 25 heavy (non-hydrogen) atoms. The van der Waals surface area contributed by atoms with Crippen LogP contribution in [0, 0.1) is 5.82 Å². The molecule has 0 aliphatic rings. The maximum Gasteiger partial charge on any atom is 0.240 e. The lowest BCUT2D eigenvalue weighted by atomic mass is 10.1. The molecule has 0 heterocycles.